The molecule has 2 rings (SSSR count). The van der Waals surface area contributed by atoms with E-state index in [1.54, 1.807) is 18.1 Å². The van der Waals surface area contributed by atoms with Crippen molar-refractivity contribution in [3.63, 3.8) is 0 Å². The highest BCUT2D eigenvalue weighted by atomic mass is 16.4. The average Bonchev–Trinajstić information content (AvgIpc) is 3.05. The first kappa shape index (κ1) is 15.5. The second-order valence-electron chi connectivity index (χ2n) is 5.95. The van der Waals surface area contributed by atoms with Crippen LogP contribution < -0.4 is 0 Å². The van der Waals surface area contributed by atoms with Crippen molar-refractivity contribution in [1.82, 2.24) is 14.5 Å². The molecular formula is C15H23N3O3. The lowest BCUT2D eigenvalue weighted by atomic mass is 9.95. The number of carbonyl (C=O) groups excluding carboxylic acids is 1. The van der Waals surface area contributed by atoms with E-state index in [0.29, 0.717) is 25.3 Å². The number of carbonyl (C=O) groups is 2. The molecular weight excluding hydrogens is 270 g/mol. The number of hydrogen-bond donors (Lipinski definition) is 1. The van der Waals surface area contributed by atoms with Gasteiger partial charge in [-0.2, -0.15) is 0 Å². The summed E-state index contributed by atoms with van der Waals surface area (Å²) >= 11 is 0. The van der Waals surface area contributed by atoms with E-state index in [1.807, 2.05) is 24.7 Å². The van der Waals surface area contributed by atoms with Gasteiger partial charge in [-0.3, -0.25) is 9.59 Å². The number of carboxylic acids is 1. The number of hydrogen-bond acceptors (Lipinski definition) is 3. The molecule has 0 aromatic carbocycles. The summed E-state index contributed by atoms with van der Waals surface area (Å²) < 4.78 is 1.86. The number of aromatic nitrogens is 2. The fourth-order valence-corrected chi connectivity index (χ4v) is 3.14. The van der Waals surface area contributed by atoms with Crippen LogP contribution in [0, 0.1) is 17.8 Å². The number of amides is 1. The number of imidazole rings is 1. The molecule has 1 aromatic rings. The van der Waals surface area contributed by atoms with Gasteiger partial charge in [0.05, 0.1) is 18.4 Å². The van der Waals surface area contributed by atoms with Gasteiger partial charge in [-0.25, -0.2) is 4.98 Å². The maximum absolute atomic E-state index is 12.6. The lowest BCUT2D eigenvalue weighted by molar-refractivity contribution is -0.148. The molecule has 116 valence electrons. The summed E-state index contributed by atoms with van der Waals surface area (Å²) in [7, 11) is 3.60. The maximum atomic E-state index is 12.6. The Morgan fingerprint density at radius 2 is 2.10 bits per heavy atom. The van der Waals surface area contributed by atoms with Crippen LogP contribution in [0.5, 0.6) is 0 Å². The number of rotatable bonds is 5. The summed E-state index contributed by atoms with van der Waals surface area (Å²) in [5.41, 5.74) is 0. The number of aliphatic carboxylic acids is 1. The molecule has 0 spiro atoms. The van der Waals surface area contributed by atoms with Crippen LogP contribution in [0.3, 0.4) is 0 Å². The van der Waals surface area contributed by atoms with Crippen molar-refractivity contribution >= 4 is 11.9 Å². The molecule has 0 radical (unpaired) electrons. The Balaban J connectivity index is 2.07. The smallest absolute Gasteiger partial charge is 0.307 e. The monoisotopic (exact) mass is 293 g/mol. The van der Waals surface area contributed by atoms with Crippen molar-refractivity contribution in [1.29, 1.82) is 0 Å². The van der Waals surface area contributed by atoms with Gasteiger partial charge in [-0.1, -0.05) is 13.3 Å². The zero-order valence-corrected chi connectivity index (χ0v) is 12.8. The SMILES string of the molecule is CCC1C[C@H](C(=O)N(C)Cc2nccn2C)[C@H](C(=O)O)C1. The first-order valence-electron chi connectivity index (χ1n) is 7.38. The molecule has 6 heteroatoms. The van der Waals surface area contributed by atoms with Crippen LogP contribution in [0.2, 0.25) is 0 Å². The summed E-state index contributed by atoms with van der Waals surface area (Å²) in [6, 6.07) is 0. The highest BCUT2D eigenvalue weighted by Crippen LogP contribution is 2.39. The van der Waals surface area contributed by atoms with Crippen LogP contribution in [-0.4, -0.2) is 38.5 Å². The Hall–Kier alpha value is -1.85. The van der Waals surface area contributed by atoms with E-state index in [0.717, 1.165) is 12.2 Å². The summed E-state index contributed by atoms with van der Waals surface area (Å²) in [5, 5.41) is 9.34. The van der Waals surface area contributed by atoms with Gasteiger partial charge >= 0.3 is 5.97 Å². The predicted molar refractivity (Wildman–Crippen MR) is 77.3 cm³/mol. The maximum Gasteiger partial charge on any atom is 0.307 e. The van der Waals surface area contributed by atoms with Gasteiger partial charge in [-0.15, -0.1) is 0 Å². The van der Waals surface area contributed by atoms with E-state index in [9.17, 15) is 14.7 Å². The molecule has 3 atom stereocenters. The quantitative estimate of drug-likeness (QED) is 0.893. The Kier molecular flexibility index (Phi) is 4.65. The molecule has 1 heterocycles. The minimum Gasteiger partial charge on any atom is -0.481 e. The lowest BCUT2D eigenvalue weighted by Crippen LogP contribution is -2.37. The number of nitrogens with zero attached hydrogens (tertiary/aromatic N) is 3. The van der Waals surface area contributed by atoms with E-state index in [2.05, 4.69) is 4.98 Å². The zero-order valence-electron chi connectivity index (χ0n) is 12.8. The molecule has 1 N–H and O–H groups in total. The zero-order chi connectivity index (χ0) is 15.6. The molecule has 1 unspecified atom stereocenters. The minimum atomic E-state index is -0.852. The fraction of sp³-hybridized carbons (Fsp3) is 0.667. The van der Waals surface area contributed by atoms with Crippen LogP contribution >= 0.6 is 0 Å². The third-order valence-electron chi connectivity index (χ3n) is 4.55. The minimum absolute atomic E-state index is 0.0821. The molecule has 1 amide bonds. The van der Waals surface area contributed by atoms with E-state index < -0.39 is 17.8 Å². The molecule has 0 aliphatic heterocycles. The van der Waals surface area contributed by atoms with Crippen LogP contribution in [0.25, 0.3) is 0 Å². The number of aryl methyl sites for hydroxylation is 1. The molecule has 21 heavy (non-hydrogen) atoms. The van der Waals surface area contributed by atoms with Gasteiger partial charge in [0.1, 0.15) is 5.82 Å². The molecule has 0 bridgehead atoms. The molecule has 1 aromatic heterocycles. The van der Waals surface area contributed by atoms with Gasteiger partial charge in [0, 0.05) is 26.5 Å². The summed E-state index contributed by atoms with van der Waals surface area (Å²) in [6.45, 7) is 2.45. The Morgan fingerprint density at radius 1 is 1.43 bits per heavy atom. The Labute approximate surface area is 124 Å². The summed E-state index contributed by atoms with van der Waals surface area (Å²) in [6.07, 6.45) is 5.74. The lowest BCUT2D eigenvalue weighted by Gasteiger charge is -2.23. The molecule has 6 nitrogen and oxygen atoms in total. The van der Waals surface area contributed by atoms with Crippen molar-refractivity contribution in [2.45, 2.75) is 32.7 Å². The summed E-state index contributed by atoms with van der Waals surface area (Å²) in [5.74, 6) is -0.760. The molecule has 0 saturated heterocycles. The van der Waals surface area contributed by atoms with Gasteiger partial charge in [0.25, 0.3) is 0 Å². The van der Waals surface area contributed by atoms with Crippen LogP contribution in [0.15, 0.2) is 12.4 Å². The molecule has 1 saturated carbocycles. The highest BCUT2D eigenvalue weighted by Gasteiger charge is 2.43. The second-order valence-corrected chi connectivity index (χ2v) is 5.95. The van der Waals surface area contributed by atoms with E-state index in [-0.39, 0.29) is 5.91 Å². The van der Waals surface area contributed by atoms with Crippen LogP contribution in [0.1, 0.15) is 32.0 Å². The number of carboxylic acid groups (broad SMARTS) is 1. The van der Waals surface area contributed by atoms with Gasteiger partial charge in [0.15, 0.2) is 0 Å². The fourth-order valence-electron chi connectivity index (χ4n) is 3.14. The van der Waals surface area contributed by atoms with Crippen molar-refractivity contribution in [2.24, 2.45) is 24.8 Å². The van der Waals surface area contributed by atoms with E-state index in [4.69, 9.17) is 0 Å². The highest BCUT2D eigenvalue weighted by molar-refractivity contribution is 5.85. The van der Waals surface area contributed by atoms with Crippen LogP contribution in [0.4, 0.5) is 0 Å². The van der Waals surface area contributed by atoms with Crippen LogP contribution in [-0.2, 0) is 23.2 Å². The van der Waals surface area contributed by atoms with Crippen molar-refractivity contribution < 1.29 is 14.7 Å². The molecule has 1 fully saturated rings. The topological polar surface area (TPSA) is 75.4 Å². The largest absolute Gasteiger partial charge is 0.481 e. The summed E-state index contributed by atoms with van der Waals surface area (Å²) in [4.78, 5) is 29.8. The molecule has 1 aliphatic carbocycles. The van der Waals surface area contributed by atoms with E-state index in [1.165, 1.54) is 0 Å². The Bertz CT molecular complexity index is 526. The third-order valence-corrected chi connectivity index (χ3v) is 4.55. The Morgan fingerprint density at radius 3 is 2.62 bits per heavy atom. The average molecular weight is 293 g/mol. The molecule has 1 aliphatic rings. The first-order chi connectivity index (χ1) is 9.93. The van der Waals surface area contributed by atoms with Crippen molar-refractivity contribution in [2.75, 3.05) is 7.05 Å². The van der Waals surface area contributed by atoms with E-state index >= 15 is 0 Å². The predicted octanol–water partition coefficient (Wildman–Crippen LogP) is 1.52. The third kappa shape index (κ3) is 3.25. The standard InChI is InChI=1S/C15H23N3O3/c1-4-10-7-11(12(8-10)15(20)21)14(19)18(3)9-13-16-5-6-17(13)2/h5-6,10-12H,4,7-9H2,1-3H3,(H,20,21)/t10?,11-,12+/m0/s1. The van der Waals surface area contributed by atoms with Gasteiger partial charge < -0.3 is 14.6 Å². The van der Waals surface area contributed by atoms with Gasteiger partial charge in [-0.05, 0) is 18.8 Å². The van der Waals surface area contributed by atoms with Crippen molar-refractivity contribution in [3.05, 3.63) is 18.2 Å². The second kappa shape index (κ2) is 6.28. The normalized spacial score (nSPS) is 25.0. The van der Waals surface area contributed by atoms with Gasteiger partial charge in [0.2, 0.25) is 5.91 Å². The van der Waals surface area contributed by atoms with Crippen molar-refractivity contribution in [3.8, 4) is 0 Å². The first-order valence-corrected chi connectivity index (χ1v) is 7.38.